The largest absolute Gasteiger partial charge is 0.476 e. The number of hydrogen-bond donors (Lipinski definition) is 1. The van der Waals surface area contributed by atoms with Crippen LogP contribution in [0.4, 0.5) is 17.1 Å². The van der Waals surface area contributed by atoms with E-state index in [4.69, 9.17) is 9.47 Å². The van der Waals surface area contributed by atoms with Gasteiger partial charge in [-0.3, -0.25) is 9.10 Å². The number of nitrogens with one attached hydrogen (secondary N) is 1. The van der Waals surface area contributed by atoms with E-state index in [1.807, 2.05) is 36.4 Å². The van der Waals surface area contributed by atoms with Crippen LogP contribution < -0.4 is 19.3 Å². The number of sulfonamides is 1. The molecule has 8 nitrogen and oxygen atoms in total. The molecule has 1 N–H and O–H groups in total. The fourth-order valence-corrected chi connectivity index (χ4v) is 6.09. The number of fused-ring (bicyclic) bond motifs is 1. The summed E-state index contributed by atoms with van der Waals surface area (Å²) in [6.07, 6.45) is -1.03. The summed E-state index contributed by atoms with van der Waals surface area (Å²) >= 11 is 0. The summed E-state index contributed by atoms with van der Waals surface area (Å²) < 4.78 is 40.3. The third-order valence-electron chi connectivity index (χ3n) is 6.83. The molecule has 2 aliphatic rings. The van der Waals surface area contributed by atoms with Crippen molar-refractivity contribution in [3.8, 4) is 5.75 Å². The van der Waals surface area contributed by atoms with Crippen molar-refractivity contribution in [3.05, 3.63) is 78.4 Å². The Morgan fingerprint density at radius 2 is 1.63 bits per heavy atom. The molecule has 38 heavy (non-hydrogen) atoms. The van der Waals surface area contributed by atoms with Gasteiger partial charge in [-0.1, -0.05) is 45.0 Å². The number of amides is 1. The lowest BCUT2D eigenvalue weighted by molar-refractivity contribution is -0.122. The van der Waals surface area contributed by atoms with Crippen molar-refractivity contribution in [1.29, 1.82) is 0 Å². The molecule has 1 atom stereocenters. The average Bonchev–Trinajstić information content (AvgIpc) is 2.93. The third-order valence-corrected chi connectivity index (χ3v) is 8.62. The second kappa shape index (κ2) is 10.3. The van der Waals surface area contributed by atoms with Gasteiger partial charge in [0.05, 0.1) is 30.3 Å². The van der Waals surface area contributed by atoms with Gasteiger partial charge in [0, 0.05) is 24.5 Å². The molecule has 2 heterocycles. The topological polar surface area (TPSA) is 88.2 Å². The smallest absolute Gasteiger partial charge is 0.267 e. The fraction of sp³-hybridized carbons (Fsp3) is 0.345. The molecule has 0 unspecified atom stereocenters. The molecule has 5 rings (SSSR count). The Morgan fingerprint density at radius 1 is 0.947 bits per heavy atom. The van der Waals surface area contributed by atoms with E-state index in [-0.39, 0.29) is 16.9 Å². The molecule has 0 radical (unpaired) electrons. The average molecular weight is 536 g/mol. The molecule has 0 aromatic heterocycles. The minimum atomic E-state index is -3.94. The van der Waals surface area contributed by atoms with Crippen LogP contribution in [-0.2, 0) is 25.0 Å². The Balaban J connectivity index is 1.41. The molecular formula is C29H33N3O5S. The first-order valence-corrected chi connectivity index (χ1v) is 14.2. The van der Waals surface area contributed by atoms with E-state index in [9.17, 15) is 13.2 Å². The molecule has 1 saturated heterocycles. The lowest BCUT2D eigenvalue weighted by atomic mass is 9.86. The van der Waals surface area contributed by atoms with Gasteiger partial charge in [0.15, 0.2) is 6.10 Å². The number of carbonyl (C=O) groups excluding carboxylic acids is 1. The van der Waals surface area contributed by atoms with Crippen LogP contribution in [0.1, 0.15) is 26.3 Å². The number of morpholine rings is 1. The van der Waals surface area contributed by atoms with Crippen molar-refractivity contribution in [2.75, 3.05) is 47.4 Å². The Labute approximate surface area is 224 Å². The second-order valence-electron chi connectivity index (χ2n) is 10.5. The lowest BCUT2D eigenvalue weighted by Gasteiger charge is -2.36. The highest BCUT2D eigenvalue weighted by Gasteiger charge is 2.38. The first-order chi connectivity index (χ1) is 18.1. The van der Waals surface area contributed by atoms with Gasteiger partial charge in [-0.05, 0) is 59.5 Å². The second-order valence-corrected chi connectivity index (χ2v) is 12.4. The number of carbonyl (C=O) groups is 1. The predicted octanol–water partition coefficient (Wildman–Crippen LogP) is 4.42. The molecule has 0 spiro atoms. The normalized spacial score (nSPS) is 17.9. The third kappa shape index (κ3) is 5.35. The number of rotatable bonds is 5. The molecule has 0 aliphatic carbocycles. The summed E-state index contributed by atoms with van der Waals surface area (Å²) in [6.45, 7) is 9.08. The van der Waals surface area contributed by atoms with Crippen molar-refractivity contribution in [1.82, 2.24) is 0 Å². The van der Waals surface area contributed by atoms with Crippen molar-refractivity contribution in [2.45, 2.75) is 37.2 Å². The van der Waals surface area contributed by atoms with Crippen LogP contribution in [0.15, 0.2) is 77.7 Å². The van der Waals surface area contributed by atoms with E-state index in [2.05, 4.69) is 31.0 Å². The van der Waals surface area contributed by atoms with Gasteiger partial charge in [0.25, 0.3) is 15.9 Å². The van der Waals surface area contributed by atoms with Crippen LogP contribution in [0.25, 0.3) is 0 Å². The summed E-state index contributed by atoms with van der Waals surface area (Å²) in [5.74, 6) is -0.0606. The SMILES string of the molecule is CC(C)(C)c1ccc2c(c1)N(S(=O)(=O)c1ccccc1)C[C@H](C(=O)Nc1ccc(N3CCOCC3)cc1)O2. The highest BCUT2D eigenvalue weighted by atomic mass is 32.2. The zero-order chi connectivity index (χ0) is 26.9. The van der Waals surface area contributed by atoms with Crippen LogP contribution in [-0.4, -0.2) is 53.3 Å². The van der Waals surface area contributed by atoms with E-state index in [1.165, 1.54) is 4.31 Å². The van der Waals surface area contributed by atoms with E-state index in [0.29, 0.717) is 30.3 Å². The zero-order valence-corrected chi connectivity index (χ0v) is 22.7. The molecule has 1 amide bonds. The van der Waals surface area contributed by atoms with Gasteiger partial charge in [-0.25, -0.2) is 8.42 Å². The van der Waals surface area contributed by atoms with Gasteiger partial charge in [-0.15, -0.1) is 0 Å². The Hall–Kier alpha value is -3.56. The molecule has 9 heteroatoms. The first-order valence-electron chi connectivity index (χ1n) is 12.8. The van der Waals surface area contributed by atoms with Crippen LogP contribution in [0.5, 0.6) is 5.75 Å². The molecule has 200 valence electrons. The molecule has 1 fully saturated rings. The highest BCUT2D eigenvalue weighted by molar-refractivity contribution is 7.92. The summed E-state index contributed by atoms with van der Waals surface area (Å²) in [4.78, 5) is 15.7. The molecular weight excluding hydrogens is 502 g/mol. The molecule has 0 bridgehead atoms. The molecule has 3 aromatic rings. The van der Waals surface area contributed by atoms with Gasteiger partial charge >= 0.3 is 0 Å². The van der Waals surface area contributed by atoms with Gasteiger partial charge in [0.1, 0.15) is 5.75 Å². The van der Waals surface area contributed by atoms with Crippen molar-refractivity contribution < 1.29 is 22.7 Å². The number of ether oxygens (including phenoxy) is 2. The minimum absolute atomic E-state index is 0.143. The van der Waals surface area contributed by atoms with Gasteiger partial charge in [0.2, 0.25) is 0 Å². The molecule has 3 aromatic carbocycles. The Kier molecular flexibility index (Phi) is 7.07. The summed E-state index contributed by atoms with van der Waals surface area (Å²) in [7, 11) is -3.94. The minimum Gasteiger partial charge on any atom is -0.476 e. The standard InChI is InChI=1S/C29H33N3O5S/c1-29(2,3)21-9-14-26-25(19-21)32(38(34,35)24-7-5-4-6-8-24)20-27(37-26)28(33)30-22-10-12-23(13-11-22)31-15-17-36-18-16-31/h4-14,19,27H,15-18,20H2,1-3H3,(H,30,33)/t27-/m1/s1. The predicted molar refractivity (Wildman–Crippen MR) is 149 cm³/mol. The van der Waals surface area contributed by atoms with E-state index >= 15 is 0 Å². The summed E-state index contributed by atoms with van der Waals surface area (Å²) in [5.41, 5.74) is 2.88. The first kappa shape index (κ1) is 26.1. The van der Waals surface area contributed by atoms with Crippen LogP contribution in [0, 0.1) is 0 Å². The van der Waals surface area contributed by atoms with Gasteiger partial charge < -0.3 is 19.7 Å². The number of nitrogens with zero attached hydrogens (tertiary/aromatic N) is 2. The highest BCUT2D eigenvalue weighted by Crippen LogP contribution is 2.40. The van der Waals surface area contributed by atoms with Crippen molar-refractivity contribution >= 4 is 33.0 Å². The van der Waals surface area contributed by atoms with E-state index < -0.39 is 22.0 Å². The summed E-state index contributed by atoms with van der Waals surface area (Å²) in [6, 6.07) is 21.4. The molecule has 2 aliphatic heterocycles. The summed E-state index contributed by atoms with van der Waals surface area (Å²) in [5, 5.41) is 2.89. The van der Waals surface area contributed by atoms with Crippen molar-refractivity contribution in [3.63, 3.8) is 0 Å². The monoisotopic (exact) mass is 535 g/mol. The Morgan fingerprint density at radius 3 is 2.29 bits per heavy atom. The lowest BCUT2D eigenvalue weighted by Crippen LogP contribution is -2.49. The Bertz CT molecular complexity index is 1400. The van der Waals surface area contributed by atoms with Crippen molar-refractivity contribution in [2.24, 2.45) is 0 Å². The van der Waals surface area contributed by atoms with E-state index in [1.54, 1.807) is 36.4 Å². The fourth-order valence-electron chi connectivity index (χ4n) is 4.60. The van der Waals surface area contributed by atoms with Crippen LogP contribution in [0.2, 0.25) is 0 Å². The number of anilines is 3. The van der Waals surface area contributed by atoms with Crippen LogP contribution >= 0.6 is 0 Å². The maximum absolute atomic E-state index is 13.8. The quantitative estimate of drug-likeness (QED) is 0.521. The van der Waals surface area contributed by atoms with Crippen LogP contribution in [0.3, 0.4) is 0 Å². The number of hydrogen-bond acceptors (Lipinski definition) is 6. The van der Waals surface area contributed by atoms with E-state index in [0.717, 1.165) is 24.3 Å². The zero-order valence-electron chi connectivity index (χ0n) is 21.9. The van der Waals surface area contributed by atoms with Gasteiger partial charge in [-0.2, -0.15) is 0 Å². The molecule has 0 saturated carbocycles. The maximum Gasteiger partial charge on any atom is 0.267 e. The maximum atomic E-state index is 13.8. The number of benzene rings is 3.